The Morgan fingerprint density at radius 1 is 1.12 bits per heavy atom. The van der Waals surface area contributed by atoms with Crippen molar-refractivity contribution in [2.24, 2.45) is 0 Å². The lowest BCUT2D eigenvalue weighted by Gasteiger charge is -2.26. The van der Waals surface area contributed by atoms with Crippen molar-refractivity contribution in [3.8, 4) is 0 Å². The number of anilines is 2. The molecular formula is C19H20N4O3. The van der Waals surface area contributed by atoms with Crippen LogP contribution < -0.4 is 5.32 Å². The fourth-order valence-corrected chi connectivity index (χ4v) is 3.03. The highest BCUT2D eigenvalue weighted by molar-refractivity contribution is 5.95. The van der Waals surface area contributed by atoms with E-state index in [0.29, 0.717) is 49.2 Å². The zero-order valence-electron chi connectivity index (χ0n) is 14.8. The molecule has 7 heteroatoms. The Labute approximate surface area is 151 Å². The third-order valence-electron chi connectivity index (χ3n) is 4.32. The number of nitrogens with one attached hydrogen (secondary N) is 1. The van der Waals surface area contributed by atoms with Gasteiger partial charge < -0.3 is 19.4 Å². The Balaban J connectivity index is 1.55. The highest BCUT2D eigenvalue weighted by Crippen LogP contribution is 2.26. The first-order valence-corrected chi connectivity index (χ1v) is 8.59. The van der Waals surface area contributed by atoms with Gasteiger partial charge in [0.25, 0.3) is 5.91 Å². The minimum absolute atomic E-state index is 0.0329. The number of rotatable bonds is 3. The van der Waals surface area contributed by atoms with E-state index in [1.54, 1.807) is 0 Å². The van der Waals surface area contributed by atoms with Crippen LogP contribution in [0.25, 0.3) is 11.1 Å². The molecule has 4 rings (SSSR count). The fourth-order valence-electron chi connectivity index (χ4n) is 3.03. The second kappa shape index (κ2) is 6.76. The number of furan rings is 1. The summed E-state index contributed by atoms with van der Waals surface area (Å²) in [4.78, 5) is 23.1. The van der Waals surface area contributed by atoms with Gasteiger partial charge in [-0.25, -0.2) is 4.98 Å². The monoisotopic (exact) mass is 352 g/mol. The van der Waals surface area contributed by atoms with Gasteiger partial charge in [0.15, 0.2) is 0 Å². The first-order valence-electron chi connectivity index (χ1n) is 8.59. The number of carbonyl (C=O) groups is 1. The van der Waals surface area contributed by atoms with Crippen LogP contribution in [0.3, 0.4) is 0 Å². The van der Waals surface area contributed by atoms with Crippen LogP contribution >= 0.6 is 0 Å². The van der Waals surface area contributed by atoms with Crippen LogP contribution in [0.15, 0.2) is 34.7 Å². The fraction of sp³-hybridized carbons (Fsp3) is 0.316. The number of hydrogen-bond acceptors (Lipinski definition) is 6. The molecule has 0 aliphatic carbocycles. The van der Waals surface area contributed by atoms with E-state index in [4.69, 9.17) is 9.15 Å². The van der Waals surface area contributed by atoms with Crippen LogP contribution in [-0.2, 0) is 4.74 Å². The van der Waals surface area contributed by atoms with Crippen LogP contribution in [0.5, 0.6) is 0 Å². The van der Waals surface area contributed by atoms with E-state index in [-0.39, 0.29) is 5.91 Å². The van der Waals surface area contributed by atoms with Gasteiger partial charge in [0, 0.05) is 24.3 Å². The number of hydrogen-bond donors (Lipinski definition) is 1. The summed E-state index contributed by atoms with van der Waals surface area (Å²) in [6.45, 7) is 6.17. The summed E-state index contributed by atoms with van der Waals surface area (Å²) < 4.78 is 10.9. The van der Waals surface area contributed by atoms with Gasteiger partial charge in [-0.1, -0.05) is 0 Å². The highest BCUT2D eigenvalue weighted by atomic mass is 16.5. The van der Waals surface area contributed by atoms with Crippen LogP contribution in [0.2, 0.25) is 0 Å². The summed E-state index contributed by atoms with van der Waals surface area (Å²) in [5.41, 5.74) is 2.08. The second-order valence-corrected chi connectivity index (χ2v) is 6.30. The number of amides is 1. The third-order valence-corrected chi connectivity index (χ3v) is 4.32. The van der Waals surface area contributed by atoms with Gasteiger partial charge in [-0.15, -0.1) is 0 Å². The molecule has 26 heavy (non-hydrogen) atoms. The van der Waals surface area contributed by atoms with Gasteiger partial charge in [-0.2, -0.15) is 4.98 Å². The normalized spacial score (nSPS) is 14.6. The predicted octanol–water partition coefficient (Wildman–Crippen LogP) is 3.06. The third kappa shape index (κ3) is 3.25. The Hall–Kier alpha value is -2.93. The number of nitrogens with zero attached hydrogens (tertiary/aromatic N) is 3. The molecule has 7 nitrogen and oxygen atoms in total. The topological polar surface area (TPSA) is 80.5 Å². The molecule has 1 aromatic carbocycles. The molecule has 1 amide bonds. The summed E-state index contributed by atoms with van der Waals surface area (Å²) >= 11 is 0. The van der Waals surface area contributed by atoms with Crippen molar-refractivity contribution >= 4 is 28.5 Å². The number of ether oxygens (including phenoxy) is 1. The molecule has 1 saturated heterocycles. The van der Waals surface area contributed by atoms with E-state index in [9.17, 15) is 4.79 Å². The van der Waals surface area contributed by atoms with E-state index < -0.39 is 0 Å². The minimum atomic E-state index is 0.0329. The number of aryl methyl sites for hydroxylation is 2. The van der Waals surface area contributed by atoms with E-state index in [1.807, 2.05) is 49.1 Å². The van der Waals surface area contributed by atoms with Crippen LogP contribution in [0.4, 0.5) is 11.5 Å². The molecule has 1 aliphatic heterocycles. The maximum Gasteiger partial charge on any atom is 0.254 e. The minimum Gasteiger partial charge on any atom is -0.443 e. The van der Waals surface area contributed by atoms with Crippen molar-refractivity contribution in [3.63, 3.8) is 0 Å². The first kappa shape index (κ1) is 16.5. The largest absolute Gasteiger partial charge is 0.443 e. The quantitative estimate of drug-likeness (QED) is 0.780. The SMILES string of the molecule is Cc1nc(Nc2ccc(C(=O)N3CCOCC3)cc2)c2cc(C)oc2n1. The summed E-state index contributed by atoms with van der Waals surface area (Å²) in [7, 11) is 0. The Bertz CT molecular complexity index is 943. The summed E-state index contributed by atoms with van der Waals surface area (Å²) in [6, 6.07) is 9.32. The van der Waals surface area contributed by atoms with Gasteiger partial charge in [-0.3, -0.25) is 4.79 Å². The number of morpholine rings is 1. The molecule has 0 saturated carbocycles. The van der Waals surface area contributed by atoms with E-state index in [1.165, 1.54) is 0 Å². The van der Waals surface area contributed by atoms with E-state index in [0.717, 1.165) is 16.8 Å². The van der Waals surface area contributed by atoms with E-state index >= 15 is 0 Å². The molecule has 0 bridgehead atoms. The second-order valence-electron chi connectivity index (χ2n) is 6.30. The van der Waals surface area contributed by atoms with Gasteiger partial charge in [0.05, 0.1) is 18.6 Å². The molecule has 1 N–H and O–H groups in total. The van der Waals surface area contributed by atoms with Gasteiger partial charge in [0.1, 0.15) is 17.4 Å². The summed E-state index contributed by atoms with van der Waals surface area (Å²) in [5, 5.41) is 4.13. The lowest BCUT2D eigenvalue weighted by Crippen LogP contribution is -2.40. The molecule has 3 heterocycles. The number of aromatic nitrogens is 2. The van der Waals surface area contributed by atoms with Crippen molar-refractivity contribution < 1.29 is 13.9 Å². The molecule has 0 radical (unpaired) electrons. The zero-order valence-corrected chi connectivity index (χ0v) is 14.8. The van der Waals surface area contributed by atoms with E-state index in [2.05, 4.69) is 15.3 Å². The van der Waals surface area contributed by atoms with Crippen molar-refractivity contribution in [1.82, 2.24) is 14.9 Å². The first-order chi connectivity index (χ1) is 12.6. The Morgan fingerprint density at radius 3 is 2.58 bits per heavy atom. The lowest BCUT2D eigenvalue weighted by molar-refractivity contribution is 0.0303. The summed E-state index contributed by atoms with van der Waals surface area (Å²) in [6.07, 6.45) is 0. The molecule has 0 unspecified atom stereocenters. The standard InChI is InChI=1S/C19H20N4O3/c1-12-11-16-17(20-13(2)21-18(16)26-12)22-15-5-3-14(4-6-15)19(24)23-7-9-25-10-8-23/h3-6,11H,7-10H2,1-2H3,(H,20,21,22). The van der Waals surface area contributed by atoms with Gasteiger partial charge >= 0.3 is 0 Å². The van der Waals surface area contributed by atoms with Crippen molar-refractivity contribution in [3.05, 3.63) is 47.5 Å². The zero-order chi connectivity index (χ0) is 18.1. The molecule has 3 aromatic rings. The number of benzene rings is 1. The average molecular weight is 352 g/mol. The Morgan fingerprint density at radius 2 is 1.85 bits per heavy atom. The van der Waals surface area contributed by atoms with Gasteiger partial charge in [0.2, 0.25) is 5.71 Å². The molecule has 1 fully saturated rings. The molecule has 1 aliphatic rings. The molecule has 0 atom stereocenters. The van der Waals surface area contributed by atoms with Crippen LogP contribution in [0.1, 0.15) is 21.9 Å². The number of fused-ring (bicyclic) bond motifs is 1. The molecular weight excluding hydrogens is 332 g/mol. The maximum atomic E-state index is 12.5. The Kier molecular flexibility index (Phi) is 4.30. The van der Waals surface area contributed by atoms with Crippen LogP contribution in [0, 0.1) is 13.8 Å². The number of carbonyl (C=O) groups excluding carboxylic acids is 1. The smallest absolute Gasteiger partial charge is 0.254 e. The lowest BCUT2D eigenvalue weighted by atomic mass is 10.1. The average Bonchev–Trinajstić information content (AvgIpc) is 3.03. The van der Waals surface area contributed by atoms with Gasteiger partial charge in [-0.05, 0) is 44.2 Å². The summed E-state index contributed by atoms with van der Waals surface area (Å²) in [5.74, 6) is 2.14. The highest BCUT2D eigenvalue weighted by Gasteiger charge is 2.18. The molecule has 0 spiro atoms. The van der Waals surface area contributed by atoms with Crippen LogP contribution in [-0.4, -0.2) is 47.1 Å². The van der Waals surface area contributed by atoms with Crippen molar-refractivity contribution in [2.75, 3.05) is 31.6 Å². The molecule has 134 valence electrons. The molecule has 2 aromatic heterocycles. The van der Waals surface area contributed by atoms with Crippen molar-refractivity contribution in [2.45, 2.75) is 13.8 Å². The maximum absolute atomic E-state index is 12.5. The predicted molar refractivity (Wildman–Crippen MR) is 97.7 cm³/mol. The van der Waals surface area contributed by atoms with Crippen molar-refractivity contribution in [1.29, 1.82) is 0 Å².